The molecular formula is C33H21N. The number of benzene rings is 5. The Morgan fingerprint density at radius 1 is 0.441 bits per heavy atom. The van der Waals surface area contributed by atoms with Gasteiger partial charge in [0.15, 0.2) is 0 Å². The van der Waals surface area contributed by atoms with Crippen molar-refractivity contribution in [1.29, 1.82) is 5.26 Å². The number of hydrogen-bond donors (Lipinski definition) is 0. The highest BCUT2D eigenvalue weighted by Crippen LogP contribution is 2.51. The molecule has 0 aliphatic heterocycles. The Morgan fingerprint density at radius 3 is 1.09 bits per heavy atom. The molecule has 0 atom stereocenters. The van der Waals surface area contributed by atoms with Gasteiger partial charge in [-0.2, -0.15) is 5.26 Å². The standard InChI is InChI=1S/C33H21N/c34-20-21-17-22(32-28-13-5-1-9-24(28)25-10-2-6-14-29(25)32)19-23(18-21)33-30-15-7-3-11-26(30)27-12-4-8-16-31(27)33/h1-19,32-33H. The van der Waals surface area contributed by atoms with E-state index in [0.29, 0.717) is 0 Å². The highest BCUT2D eigenvalue weighted by atomic mass is 14.4. The van der Waals surface area contributed by atoms with Crippen LogP contribution in [0.25, 0.3) is 22.3 Å². The molecule has 0 radical (unpaired) electrons. The minimum atomic E-state index is 0.131. The van der Waals surface area contributed by atoms with Crippen molar-refractivity contribution >= 4 is 0 Å². The molecule has 0 heterocycles. The maximum atomic E-state index is 10.0. The summed E-state index contributed by atoms with van der Waals surface area (Å²) in [6.07, 6.45) is 0. The van der Waals surface area contributed by atoms with Crippen molar-refractivity contribution < 1.29 is 0 Å². The van der Waals surface area contributed by atoms with Crippen LogP contribution in [0.1, 0.15) is 50.8 Å². The topological polar surface area (TPSA) is 23.8 Å². The van der Waals surface area contributed by atoms with Crippen LogP contribution in [-0.2, 0) is 0 Å². The smallest absolute Gasteiger partial charge is 0.0991 e. The van der Waals surface area contributed by atoms with Gasteiger partial charge in [0, 0.05) is 11.8 Å². The third-order valence-electron chi connectivity index (χ3n) is 7.44. The summed E-state index contributed by atoms with van der Waals surface area (Å²) in [5.74, 6) is 0.262. The Morgan fingerprint density at radius 2 is 0.765 bits per heavy atom. The molecule has 0 N–H and O–H groups in total. The number of fused-ring (bicyclic) bond motifs is 6. The highest BCUT2D eigenvalue weighted by molar-refractivity contribution is 5.82. The lowest BCUT2D eigenvalue weighted by atomic mass is 9.83. The molecule has 0 amide bonds. The minimum absolute atomic E-state index is 0.131. The van der Waals surface area contributed by atoms with Crippen LogP contribution < -0.4 is 0 Å². The second-order valence-electron chi connectivity index (χ2n) is 9.22. The van der Waals surface area contributed by atoms with Crippen LogP contribution in [-0.4, -0.2) is 0 Å². The Bertz CT molecular complexity index is 1430. The van der Waals surface area contributed by atoms with Crippen molar-refractivity contribution in [2.24, 2.45) is 0 Å². The first kappa shape index (κ1) is 19.1. The van der Waals surface area contributed by atoms with E-state index in [9.17, 15) is 5.26 Å². The largest absolute Gasteiger partial charge is 0.192 e. The average Bonchev–Trinajstić information content (AvgIpc) is 3.42. The Labute approximate surface area is 199 Å². The van der Waals surface area contributed by atoms with Gasteiger partial charge >= 0.3 is 0 Å². The fraction of sp³-hybridized carbons (Fsp3) is 0.0606. The average molecular weight is 432 g/mol. The van der Waals surface area contributed by atoms with Gasteiger partial charge in [0.1, 0.15) is 0 Å². The summed E-state index contributed by atoms with van der Waals surface area (Å²) in [7, 11) is 0. The van der Waals surface area contributed by atoms with E-state index < -0.39 is 0 Å². The molecule has 0 fully saturated rings. The molecule has 7 rings (SSSR count). The monoisotopic (exact) mass is 431 g/mol. The lowest BCUT2D eigenvalue weighted by Crippen LogP contribution is -2.05. The molecule has 0 saturated carbocycles. The lowest BCUT2D eigenvalue weighted by Gasteiger charge is -2.20. The van der Waals surface area contributed by atoms with Crippen LogP contribution in [0, 0.1) is 11.3 Å². The Hall–Kier alpha value is -4.41. The quantitative estimate of drug-likeness (QED) is 0.273. The van der Waals surface area contributed by atoms with Gasteiger partial charge in [-0.25, -0.2) is 0 Å². The summed E-state index contributed by atoms with van der Waals surface area (Å²) in [5.41, 5.74) is 13.5. The maximum absolute atomic E-state index is 10.0. The fourth-order valence-electron chi connectivity index (χ4n) is 6.10. The summed E-state index contributed by atoms with van der Waals surface area (Å²) in [6.45, 7) is 0. The number of hydrogen-bond acceptors (Lipinski definition) is 1. The van der Waals surface area contributed by atoms with E-state index in [4.69, 9.17) is 0 Å². The Kier molecular flexibility index (Phi) is 4.10. The summed E-state index contributed by atoms with van der Waals surface area (Å²) < 4.78 is 0. The van der Waals surface area contributed by atoms with E-state index in [1.54, 1.807) is 0 Å². The molecule has 34 heavy (non-hydrogen) atoms. The normalized spacial score (nSPS) is 13.6. The SMILES string of the molecule is N#Cc1cc(C2c3ccccc3-c3ccccc32)cc(C2c3ccccc3-c3ccccc32)c1. The first-order chi connectivity index (χ1) is 16.8. The van der Waals surface area contributed by atoms with Crippen molar-refractivity contribution in [3.05, 3.63) is 154 Å². The van der Waals surface area contributed by atoms with Crippen LogP contribution in [0.2, 0.25) is 0 Å². The van der Waals surface area contributed by atoms with E-state index in [2.05, 4.69) is 121 Å². The van der Waals surface area contributed by atoms with Gasteiger partial charge in [0.2, 0.25) is 0 Å². The Balaban J connectivity index is 1.46. The van der Waals surface area contributed by atoms with Crippen LogP contribution in [0.15, 0.2) is 115 Å². The van der Waals surface area contributed by atoms with Gasteiger partial charge in [-0.1, -0.05) is 103 Å². The molecule has 0 aromatic heterocycles. The van der Waals surface area contributed by atoms with Crippen LogP contribution in [0.5, 0.6) is 0 Å². The summed E-state index contributed by atoms with van der Waals surface area (Å²) in [4.78, 5) is 0. The molecular weight excluding hydrogens is 410 g/mol. The van der Waals surface area contributed by atoms with Gasteiger partial charge in [0.05, 0.1) is 11.6 Å². The molecule has 5 aromatic carbocycles. The first-order valence-corrected chi connectivity index (χ1v) is 11.7. The van der Waals surface area contributed by atoms with E-state index in [1.807, 2.05) is 0 Å². The molecule has 2 aliphatic rings. The number of rotatable bonds is 2. The second-order valence-corrected chi connectivity index (χ2v) is 9.22. The van der Waals surface area contributed by atoms with Crippen molar-refractivity contribution in [1.82, 2.24) is 0 Å². The van der Waals surface area contributed by atoms with Gasteiger partial charge in [0.25, 0.3) is 0 Å². The van der Waals surface area contributed by atoms with E-state index >= 15 is 0 Å². The van der Waals surface area contributed by atoms with Crippen molar-refractivity contribution in [2.75, 3.05) is 0 Å². The molecule has 1 heteroatoms. The highest BCUT2D eigenvalue weighted by Gasteiger charge is 2.33. The van der Waals surface area contributed by atoms with Gasteiger partial charge < -0.3 is 0 Å². The maximum Gasteiger partial charge on any atom is 0.0991 e. The molecule has 0 saturated heterocycles. The second kappa shape index (κ2) is 7.30. The third-order valence-corrected chi connectivity index (χ3v) is 7.44. The molecule has 0 bridgehead atoms. The van der Waals surface area contributed by atoms with Crippen LogP contribution >= 0.6 is 0 Å². The summed E-state index contributed by atoms with van der Waals surface area (Å²) in [5, 5.41) is 10.0. The number of nitrogens with zero attached hydrogens (tertiary/aromatic N) is 1. The molecule has 2 aliphatic carbocycles. The van der Waals surface area contributed by atoms with Crippen molar-refractivity contribution in [2.45, 2.75) is 11.8 Å². The first-order valence-electron chi connectivity index (χ1n) is 11.7. The zero-order valence-electron chi connectivity index (χ0n) is 18.6. The predicted octanol–water partition coefficient (Wildman–Crippen LogP) is 7.88. The molecule has 0 spiro atoms. The van der Waals surface area contributed by atoms with E-state index in [0.717, 1.165) is 5.56 Å². The van der Waals surface area contributed by atoms with E-state index in [1.165, 1.54) is 55.6 Å². The summed E-state index contributed by atoms with van der Waals surface area (Å²) in [6, 6.07) is 43.7. The van der Waals surface area contributed by atoms with Gasteiger partial charge in [-0.3, -0.25) is 0 Å². The molecule has 1 nitrogen and oxygen atoms in total. The third kappa shape index (κ3) is 2.66. The molecule has 5 aromatic rings. The van der Waals surface area contributed by atoms with Gasteiger partial charge in [-0.15, -0.1) is 0 Å². The molecule has 0 unspecified atom stereocenters. The predicted molar refractivity (Wildman–Crippen MR) is 137 cm³/mol. The van der Waals surface area contributed by atoms with Crippen LogP contribution in [0.4, 0.5) is 0 Å². The van der Waals surface area contributed by atoms with Crippen LogP contribution in [0.3, 0.4) is 0 Å². The minimum Gasteiger partial charge on any atom is -0.192 e. The zero-order valence-corrected chi connectivity index (χ0v) is 18.6. The fourth-order valence-corrected chi connectivity index (χ4v) is 6.10. The lowest BCUT2D eigenvalue weighted by molar-refractivity contribution is 0.970. The number of nitriles is 1. The van der Waals surface area contributed by atoms with Crippen molar-refractivity contribution in [3.63, 3.8) is 0 Å². The zero-order chi connectivity index (χ0) is 22.6. The van der Waals surface area contributed by atoms with Crippen molar-refractivity contribution in [3.8, 4) is 28.3 Å². The summed E-state index contributed by atoms with van der Waals surface area (Å²) >= 11 is 0. The van der Waals surface area contributed by atoms with E-state index in [-0.39, 0.29) is 11.8 Å². The molecule has 158 valence electrons. The van der Waals surface area contributed by atoms with Gasteiger partial charge in [-0.05, 0) is 67.8 Å².